The molecule has 0 amide bonds. The van der Waals surface area contributed by atoms with E-state index in [-0.39, 0.29) is 5.56 Å². The number of allylic oxidation sites excluding steroid dienone is 2. The van der Waals surface area contributed by atoms with Gasteiger partial charge in [-0.25, -0.2) is 0 Å². The van der Waals surface area contributed by atoms with Gasteiger partial charge in [0.15, 0.2) is 5.78 Å². The summed E-state index contributed by atoms with van der Waals surface area (Å²) in [6.07, 6.45) is -4.27. The first-order valence-corrected chi connectivity index (χ1v) is 4.46. The molecule has 0 aromatic heterocycles. The summed E-state index contributed by atoms with van der Waals surface area (Å²) in [5.74, 6) is -0.755. The van der Waals surface area contributed by atoms with E-state index in [4.69, 9.17) is 5.73 Å². The number of carbonyl (C=O) groups is 1. The van der Waals surface area contributed by atoms with Crippen LogP contribution in [0.5, 0.6) is 0 Å². The third-order valence-electron chi connectivity index (χ3n) is 1.95. The smallest absolute Gasteiger partial charge is 0.395 e. The van der Waals surface area contributed by atoms with Crippen molar-refractivity contribution in [2.75, 3.05) is 0 Å². The van der Waals surface area contributed by atoms with Crippen LogP contribution in [0.15, 0.2) is 36.0 Å². The van der Waals surface area contributed by atoms with E-state index in [1.807, 2.05) is 6.92 Å². The Morgan fingerprint density at radius 3 is 2.19 bits per heavy atom. The maximum absolute atomic E-state index is 12.0. The van der Waals surface area contributed by atoms with Crippen LogP contribution in [0.2, 0.25) is 0 Å². The summed E-state index contributed by atoms with van der Waals surface area (Å²) in [4.78, 5) is 11.4. The van der Waals surface area contributed by atoms with Crippen molar-refractivity contribution in [2.24, 2.45) is 5.73 Å². The van der Waals surface area contributed by atoms with Crippen molar-refractivity contribution in [1.29, 1.82) is 0 Å². The van der Waals surface area contributed by atoms with Crippen molar-refractivity contribution in [2.45, 2.75) is 13.1 Å². The van der Waals surface area contributed by atoms with Crippen LogP contribution < -0.4 is 5.73 Å². The Balaban J connectivity index is 2.92. The van der Waals surface area contributed by atoms with Crippen molar-refractivity contribution in [1.82, 2.24) is 0 Å². The van der Waals surface area contributed by atoms with E-state index in [1.54, 1.807) is 12.1 Å². The van der Waals surface area contributed by atoms with Gasteiger partial charge in [0.25, 0.3) is 0 Å². The summed E-state index contributed by atoms with van der Waals surface area (Å²) in [5.41, 5.74) is 4.44. The SMILES string of the molecule is Cc1ccc(C(=O)C=C(N)C(F)(F)F)cc1. The van der Waals surface area contributed by atoms with Gasteiger partial charge in [-0.2, -0.15) is 13.2 Å². The third kappa shape index (κ3) is 3.12. The van der Waals surface area contributed by atoms with Gasteiger partial charge in [-0.3, -0.25) is 4.79 Å². The van der Waals surface area contributed by atoms with Crippen LogP contribution >= 0.6 is 0 Å². The molecule has 0 saturated heterocycles. The summed E-state index contributed by atoms with van der Waals surface area (Å²) in [6, 6.07) is 6.20. The second-order valence-electron chi connectivity index (χ2n) is 3.33. The molecule has 0 aliphatic carbocycles. The van der Waals surface area contributed by atoms with E-state index in [0.29, 0.717) is 6.08 Å². The van der Waals surface area contributed by atoms with Crippen molar-refractivity contribution >= 4 is 5.78 Å². The number of hydrogen-bond donors (Lipinski definition) is 1. The Bertz CT molecular complexity index is 418. The number of hydrogen-bond acceptors (Lipinski definition) is 2. The van der Waals surface area contributed by atoms with E-state index in [9.17, 15) is 18.0 Å². The fraction of sp³-hybridized carbons (Fsp3) is 0.182. The quantitative estimate of drug-likeness (QED) is 0.625. The molecule has 0 aliphatic rings. The summed E-state index contributed by atoms with van der Waals surface area (Å²) < 4.78 is 36.1. The Hall–Kier alpha value is -1.78. The second kappa shape index (κ2) is 4.38. The number of carbonyl (C=O) groups excluding carboxylic acids is 1. The average Bonchev–Trinajstić information content (AvgIpc) is 2.17. The fourth-order valence-electron chi connectivity index (χ4n) is 1.02. The lowest BCUT2D eigenvalue weighted by molar-refractivity contribution is -0.0927. The molecule has 0 aliphatic heterocycles. The van der Waals surface area contributed by atoms with Gasteiger partial charge in [0.1, 0.15) is 5.70 Å². The van der Waals surface area contributed by atoms with Gasteiger partial charge in [0, 0.05) is 11.6 Å². The van der Waals surface area contributed by atoms with E-state index < -0.39 is 17.7 Å². The highest BCUT2D eigenvalue weighted by molar-refractivity contribution is 6.04. The van der Waals surface area contributed by atoms with Gasteiger partial charge in [-0.15, -0.1) is 0 Å². The summed E-state index contributed by atoms with van der Waals surface area (Å²) in [6.45, 7) is 1.81. The van der Waals surface area contributed by atoms with Crippen LogP contribution in [-0.4, -0.2) is 12.0 Å². The predicted molar refractivity (Wildman–Crippen MR) is 53.8 cm³/mol. The van der Waals surface area contributed by atoms with Crippen LogP contribution in [0, 0.1) is 6.92 Å². The van der Waals surface area contributed by atoms with E-state index in [2.05, 4.69) is 0 Å². The van der Waals surface area contributed by atoms with E-state index >= 15 is 0 Å². The van der Waals surface area contributed by atoms with Crippen LogP contribution in [0.1, 0.15) is 15.9 Å². The molecule has 1 aromatic carbocycles. The number of rotatable bonds is 2. The summed E-state index contributed by atoms with van der Waals surface area (Å²) >= 11 is 0. The molecule has 0 spiro atoms. The Labute approximate surface area is 90.6 Å². The van der Waals surface area contributed by atoms with Crippen molar-refractivity contribution < 1.29 is 18.0 Å². The number of benzene rings is 1. The molecule has 1 rings (SSSR count). The molecule has 0 bridgehead atoms. The molecular formula is C11H10F3NO. The monoisotopic (exact) mass is 229 g/mol. The molecule has 0 radical (unpaired) electrons. The number of aryl methyl sites for hydroxylation is 1. The zero-order valence-corrected chi connectivity index (χ0v) is 8.51. The lowest BCUT2D eigenvalue weighted by Crippen LogP contribution is -2.20. The van der Waals surface area contributed by atoms with Gasteiger partial charge in [0.05, 0.1) is 0 Å². The van der Waals surface area contributed by atoms with Crippen LogP contribution in [-0.2, 0) is 0 Å². The zero-order chi connectivity index (χ0) is 12.3. The van der Waals surface area contributed by atoms with Gasteiger partial charge >= 0.3 is 6.18 Å². The number of ketones is 1. The maximum atomic E-state index is 12.0. The van der Waals surface area contributed by atoms with Crippen LogP contribution in [0.25, 0.3) is 0 Å². The Morgan fingerprint density at radius 1 is 1.25 bits per heavy atom. The average molecular weight is 229 g/mol. The molecule has 16 heavy (non-hydrogen) atoms. The molecule has 0 saturated carbocycles. The predicted octanol–water partition coefficient (Wildman–Crippen LogP) is 2.58. The Kier molecular flexibility index (Phi) is 3.37. The molecule has 0 unspecified atom stereocenters. The topological polar surface area (TPSA) is 43.1 Å². The van der Waals surface area contributed by atoms with E-state index in [1.165, 1.54) is 12.1 Å². The first-order valence-electron chi connectivity index (χ1n) is 4.46. The summed E-state index contributed by atoms with van der Waals surface area (Å²) in [7, 11) is 0. The third-order valence-corrected chi connectivity index (χ3v) is 1.95. The lowest BCUT2D eigenvalue weighted by Gasteiger charge is -2.05. The lowest BCUT2D eigenvalue weighted by atomic mass is 10.1. The first-order chi connectivity index (χ1) is 7.30. The minimum Gasteiger partial charge on any atom is -0.395 e. The zero-order valence-electron chi connectivity index (χ0n) is 8.51. The first kappa shape index (κ1) is 12.3. The number of alkyl halides is 3. The number of nitrogens with two attached hydrogens (primary N) is 1. The molecule has 0 fully saturated rings. The minimum absolute atomic E-state index is 0.179. The highest BCUT2D eigenvalue weighted by Gasteiger charge is 2.32. The largest absolute Gasteiger partial charge is 0.430 e. The molecule has 1 aromatic rings. The van der Waals surface area contributed by atoms with Gasteiger partial charge < -0.3 is 5.73 Å². The van der Waals surface area contributed by atoms with Crippen LogP contribution in [0.4, 0.5) is 13.2 Å². The standard InChI is InChI=1S/C11H10F3NO/c1-7-2-4-8(5-3-7)9(16)6-10(15)11(12,13)14/h2-6H,15H2,1H3. The molecule has 2 nitrogen and oxygen atoms in total. The molecule has 86 valence electrons. The normalized spacial score (nSPS) is 12.6. The minimum atomic E-state index is -4.67. The second-order valence-corrected chi connectivity index (χ2v) is 3.33. The van der Waals surface area contributed by atoms with Gasteiger partial charge in [-0.1, -0.05) is 29.8 Å². The highest BCUT2D eigenvalue weighted by Crippen LogP contribution is 2.21. The van der Waals surface area contributed by atoms with Crippen molar-refractivity contribution in [3.8, 4) is 0 Å². The molecule has 2 N–H and O–H groups in total. The fourth-order valence-corrected chi connectivity index (χ4v) is 1.02. The maximum Gasteiger partial charge on any atom is 0.430 e. The van der Waals surface area contributed by atoms with Crippen LogP contribution in [0.3, 0.4) is 0 Å². The van der Waals surface area contributed by atoms with Gasteiger partial charge in [-0.05, 0) is 6.92 Å². The Morgan fingerprint density at radius 2 is 1.75 bits per heavy atom. The van der Waals surface area contributed by atoms with Crippen molar-refractivity contribution in [3.63, 3.8) is 0 Å². The molecule has 0 heterocycles. The van der Waals surface area contributed by atoms with E-state index in [0.717, 1.165) is 5.56 Å². The molecular weight excluding hydrogens is 219 g/mol. The number of halogens is 3. The van der Waals surface area contributed by atoms with Gasteiger partial charge in [0.2, 0.25) is 0 Å². The van der Waals surface area contributed by atoms with Crippen molar-refractivity contribution in [3.05, 3.63) is 47.2 Å². The molecule has 0 atom stereocenters. The molecule has 5 heteroatoms. The summed E-state index contributed by atoms with van der Waals surface area (Å²) in [5, 5.41) is 0. The highest BCUT2D eigenvalue weighted by atomic mass is 19.4.